The van der Waals surface area contributed by atoms with Gasteiger partial charge in [-0.25, -0.2) is 4.99 Å². The number of benzene rings is 2. The second kappa shape index (κ2) is 6.65. The lowest BCUT2D eigenvalue weighted by molar-refractivity contribution is -0.109. The van der Waals surface area contributed by atoms with Crippen LogP contribution in [0.3, 0.4) is 0 Å². The number of allylic oxidation sites excluding steroid dienone is 3. The van der Waals surface area contributed by atoms with Crippen LogP contribution in [0.5, 0.6) is 0 Å². The van der Waals surface area contributed by atoms with Gasteiger partial charge in [-0.15, -0.1) is 0 Å². The number of hydrogen-bond acceptors (Lipinski definition) is 5. The zero-order chi connectivity index (χ0) is 18.0. The third-order valence-corrected chi connectivity index (χ3v) is 4.11. The van der Waals surface area contributed by atoms with Crippen LogP contribution in [-0.2, 0) is 11.2 Å². The second-order valence-corrected chi connectivity index (χ2v) is 5.97. The smallest absolute Gasteiger partial charge is 0.208 e. The van der Waals surface area contributed by atoms with Gasteiger partial charge in [0, 0.05) is 29.4 Å². The second-order valence-electron chi connectivity index (χ2n) is 5.97. The highest BCUT2D eigenvalue weighted by molar-refractivity contribution is 6.51. The lowest BCUT2D eigenvalue weighted by Gasteiger charge is -2.17. The molecule has 1 aliphatic carbocycles. The van der Waals surface area contributed by atoms with Gasteiger partial charge in [-0.1, -0.05) is 12.1 Å². The van der Waals surface area contributed by atoms with Crippen LogP contribution in [0.15, 0.2) is 76.5 Å². The molecule has 5 N–H and O–H groups in total. The topological polar surface area (TPSA) is 102 Å². The van der Waals surface area contributed by atoms with E-state index < -0.39 is 0 Å². The van der Waals surface area contributed by atoms with Crippen molar-refractivity contribution in [2.24, 2.45) is 4.99 Å². The van der Waals surface area contributed by atoms with Crippen molar-refractivity contribution in [1.82, 2.24) is 0 Å². The summed E-state index contributed by atoms with van der Waals surface area (Å²) in [6, 6.07) is 14.4. The van der Waals surface area contributed by atoms with Gasteiger partial charge in [-0.3, -0.25) is 4.79 Å². The molecule has 2 aromatic carbocycles. The van der Waals surface area contributed by atoms with Crippen LogP contribution in [0, 0.1) is 0 Å². The molecule has 0 spiro atoms. The Labute approximate surface area is 146 Å². The first-order valence-corrected chi connectivity index (χ1v) is 7.88. The quantitative estimate of drug-likeness (QED) is 0.591. The molecule has 3 rings (SSSR count). The summed E-state index contributed by atoms with van der Waals surface area (Å²) < 4.78 is 0. The summed E-state index contributed by atoms with van der Waals surface area (Å²) >= 11 is 0. The number of rotatable bonds is 3. The zero-order valence-electron chi connectivity index (χ0n) is 13.9. The first kappa shape index (κ1) is 16.5. The van der Waals surface area contributed by atoms with Crippen LogP contribution >= 0.6 is 0 Å². The zero-order valence-corrected chi connectivity index (χ0v) is 13.9. The Morgan fingerprint density at radius 1 is 0.960 bits per heavy atom. The molecule has 25 heavy (non-hydrogen) atoms. The van der Waals surface area contributed by atoms with Gasteiger partial charge >= 0.3 is 0 Å². The third kappa shape index (κ3) is 3.61. The fraction of sp³-hybridized carbons (Fsp3) is 0.100. The maximum Gasteiger partial charge on any atom is 0.208 e. The molecule has 0 bridgehead atoms. The average molecular weight is 333 g/mol. The first-order chi connectivity index (χ1) is 11.9. The molecule has 0 aliphatic heterocycles. The molecule has 0 saturated heterocycles. The van der Waals surface area contributed by atoms with E-state index >= 15 is 0 Å². The van der Waals surface area contributed by atoms with Gasteiger partial charge in [-0.2, -0.15) is 0 Å². The van der Waals surface area contributed by atoms with E-state index in [1.165, 1.54) is 6.08 Å². The average Bonchev–Trinajstić information content (AvgIpc) is 2.59. The van der Waals surface area contributed by atoms with Crippen molar-refractivity contribution in [3.05, 3.63) is 77.1 Å². The van der Waals surface area contributed by atoms with Crippen molar-refractivity contribution >= 4 is 28.6 Å². The van der Waals surface area contributed by atoms with Gasteiger partial charge in [-0.05, 0) is 54.5 Å². The number of hydrogen-bond donors (Lipinski definition) is 3. The molecule has 2 aromatic rings. The summed E-state index contributed by atoms with van der Waals surface area (Å²) in [7, 11) is 0. The number of anilines is 2. The Hall–Kier alpha value is -3.34. The fourth-order valence-corrected chi connectivity index (χ4v) is 2.68. The molecule has 0 amide bonds. The Kier molecular flexibility index (Phi) is 4.39. The predicted molar refractivity (Wildman–Crippen MR) is 101 cm³/mol. The summed E-state index contributed by atoms with van der Waals surface area (Å²) in [5.74, 6) is -0.330. The minimum atomic E-state index is -0.312. The molecule has 0 fully saturated rings. The fourth-order valence-electron chi connectivity index (χ4n) is 2.68. The highest BCUT2D eigenvalue weighted by Gasteiger charge is 2.24. The van der Waals surface area contributed by atoms with E-state index in [0.29, 0.717) is 40.3 Å². The van der Waals surface area contributed by atoms with Gasteiger partial charge in [0.1, 0.15) is 11.5 Å². The third-order valence-electron chi connectivity index (χ3n) is 4.11. The van der Waals surface area contributed by atoms with Gasteiger partial charge in [0.2, 0.25) is 5.78 Å². The highest BCUT2D eigenvalue weighted by Crippen LogP contribution is 2.26. The molecule has 0 aromatic heterocycles. The number of aliphatic hydroxyl groups excluding tert-OH is 1. The van der Waals surface area contributed by atoms with Crippen molar-refractivity contribution in [3.63, 3.8) is 0 Å². The molecule has 5 heteroatoms. The maximum atomic E-state index is 12.3. The number of aliphatic hydroxyl groups is 1. The largest absolute Gasteiger partial charge is 0.508 e. The summed E-state index contributed by atoms with van der Waals surface area (Å²) in [4.78, 5) is 16.7. The number of nitrogens with zero attached hydrogens (tertiary/aromatic N) is 1. The molecule has 0 radical (unpaired) electrons. The van der Waals surface area contributed by atoms with Gasteiger partial charge in [0.05, 0.1) is 5.69 Å². The molecule has 0 atom stereocenters. The van der Waals surface area contributed by atoms with E-state index in [4.69, 9.17) is 11.5 Å². The monoisotopic (exact) mass is 333 g/mol. The Morgan fingerprint density at radius 3 is 2.12 bits per heavy atom. The van der Waals surface area contributed by atoms with E-state index in [9.17, 15) is 9.90 Å². The summed E-state index contributed by atoms with van der Waals surface area (Å²) in [5, 5.41) is 10.2. The Balaban J connectivity index is 1.98. The first-order valence-electron chi connectivity index (χ1n) is 7.88. The molecular formula is C20H19N3O2. The highest BCUT2D eigenvalue weighted by atomic mass is 16.3. The molecule has 0 unspecified atom stereocenters. The molecule has 5 nitrogen and oxygen atoms in total. The van der Waals surface area contributed by atoms with Crippen LogP contribution < -0.4 is 11.5 Å². The number of carbonyl (C=O) groups is 1. The van der Waals surface area contributed by atoms with E-state index in [1.54, 1.807) is 31.2 Å². The van der Waals surface area contributed by atoms with Gasteiger partial charge < -0.3 is 16.6 Å². The molecule has 0 heterocycles. The van der Waals surface area contributed by atoms with E-state index in [1.807, 2.05) is 24.3 Å². The minimum Gasteiger partial charge on any atom is -0.508 e. The molecule has 0 saturated carbocycles. The molecular weight excluding hydrogens is 314 g/mol. The maximum absolute atomic E-state index is 12.3. The number of nitrogen functional groups attached to an aromatic ring is 2. The molecule has 1 aliphatic rings. The molecule has 126 valence electrons. The van der Waals surface area contributed by atoms with E-state index in [-0.39, 0.29) is 11.5 Å². The van der Waals surface area contributed by atoms with E-state index in [2.05, 4.69) is 4.99 Å². The number of nitrogens with two attached hydrogens (primary N) is 2. The normalized spacial score (nSPS) is 16.3. The van der Waals surface area contributed by atoms with Crippen molar-refractivity contribution in [2.75, 3.05) is 11.5 Å². The number of ketones is 1. The number of carbonyl (C=O) groups excluding carboxylic acids is 1. The summed E-state index contributed by atoms with van der Waals surface area (Å²) in [6.07, 6.45) is 1.71. The van der Waals surface area contributed by atoms with Crippen LogP contribution in [0.25, 0.3) is 0 Å². The van der Waals surface area contributed by atoms with Gasteiger partial charge in [0.15, 0.2) is 0 Å². The van der Waals surface area contributed by atoms with E-state index in [0.717, 1.165) is 5.56 Å². The van der Waals surface area contributed by atoms with Gasteiger partial charge in [0.25, 0.3) is 0 Å². The Bertz CT molecular complexity index is 905. The van der Waals surface area contributed by atoms with Crippen LogP contribution in [0.2, 0.25) is 0 Å². The predicted octanol–water partition coefficient (Wildman–Crippen LogP) is 3.51. The SMILES string of the molecule is CC1=C(Cc2ccc(N)cc2)C(O)=CC(=O)C1=Nc1ccc(N)cc1. The van der Waals surface area contributed by atoms with Crippen molar-refractivity contribution in [2.45, 2.75) is 13.3 Å². The summed E-state index contributed by atoms with van der Waals surface area (Å²) in [5.41, 5.74) is 16.0. The number of aliphatic imine (C=N–C) groups is 1. The Morgan fingerprint density at radius 2 is 1.52 bits per heavy atom. The summed E-state index contributed by atoms with van der Waals surface area (Å²) in [6.45, 7) is 1.80. The van der Waals surface area contributed by atoms with Crippen molar-refractivity contribution < 1.29 is 9.90 Å². The van der Waals surface area contributed by atoms with Crippen molar-refractivity contribution in [1.29, 1.82) is 0 Å². The van der Waals surface area contributed by atoms with Crippen LogP contribution in [0.1, 0.15) is 12.5 Å². The van der Waals surface area contributed by atoms with Crippen molar-refractivity contribution in [3.8, 4) is 0 Å². The lowest BCUT2D eigenvalue weighted by Crippen LogP contribution is -2.21. The standard InChI is InChI=1S/C20H19N3O2/c1-12-17(10-13-2-4-14(21)5-3-13)18(24)11-19(25)20(12)23-16-8-6-15(22)7-9-16/h2-9,11,24H,10,21-22H2,1H3. The lowest BCUT2D eigenvalue weighted by atomic mass is 9.90. The van der Waals surface area contributed by atoms with Crippen LogP contribution in [-0.4, -0.2) is 16.6 Å². The van der Waals surface area contributed by atoms with Crippen LogP contribution in [0.4, 0.5) is 17.1 Å². The minimum absolute atomic E-state index is 0.0180.